The predicted molar refractivity (Wildman–Crippen MR) is 106 cm³/mol. The first-order valence-corrected chi connectivity index (χ1v) is 10.2. The summed E-state index contributed by atoms with van der Waals surface area (Å²) in [4.78, 5) is 26.0. The summed E-state index contributed by atoms with van der Waals surface area (Å²) < 4.78 is 1.62. The van der Waals surface area contributed by atoms with Gasteiger partial charge in [0, 0.05) is 23.2 Å². The Morgan fingerprint density at radius 1 is 1.18 bits per heavy atom. The van der Waals surface area contributed by atoms with E-state index < -0.39 is 5.66 Å². The lowest BCUT2D eigenvalue weighted by Crippen LogP contribution is -2.67. The molecule has 2 heterocycles. The number of rotatable bonds is 1. The number of hydrogen-bond donors (Lipinski definition) is 2. The first kappa shape index (κ1) is 17.5. The number of carbonyl (C=O) groups excluding carboxylic acids is 2. The summed E-state index contributed by atoms with van der Waals surface area (Å²) >= 11 is 0. The smallest absolute Gasteiger partial charge is 0.255 e. The highest BCUT2D eigenvalue weighted by molar-refractivity contribution is 6.02. The molecule has 146 valence electrons. The van der Waals surface area contributed by atoms with E-state index in [1.165, 1.54) is 0 Å². The van der Waals surface area contributed by atoms with Crippen LogP contribution < -0.4 is 10.6 Å². The standard InChI is InChI=1S/C22H26N4O2/c1-12-13(2)25-26(14(12)3)21(28)18-10-16-9-8-15(18)11-22(16)23-19-7-5-4-6-17(19)20(27)24-22/h4-7,15-16,18,23H,8-11H2,1-3H3,(H,24,27)/t15-,16+,18-,22-/m0/s1. The van der Waals surface area contributed by atoms with Gasteiger partial charge in [-0.05, 0) is 70.1 Å². The average Bonchev–Trinajstić information content (AvgIpc) is 2.95. The lowest BCUT2D eigenvalue weighted by atomic mass is 9.58. The van der Waals surface area contributed by atoms with Crippen molar-refractivity contribution in [3.63, 3.8) is 0 Å². The highest BCUT2D eigenvalue weighted by atomic mass is 16.2. The molecule has 4 atom stereocenters. The summed E-state index contributed by atoms with van der Waals surface area (Å²) in [6, 6.07) is 7.66. The third-order valence-electron chi connectivity index (χ3n) is 7.32. The summed E-state index contributed by atoms with van der Waals surface area (Å²) in [5.41, 5.74) is 4.11. The Hall–Kier alpha value is -2.63. The van der Waals surface area contributed by atoms with E-state index in [9.17, 15) is 9.59 Å². The highest BCUT2D eigenvalue weighted by Crippen LogP contribution is 2.52. The van der Waals surface area contributed by atoms with E-state index in [1.807, 2.05) is 45.0 Å². The van der Waals surface area contributed by atoms with Crippen LogP contribution in [0, 0.1) is 38.5 Å². The topological polar surface area (TPSA) is 76.0 Å². The fourth-order valence-electron chi connectivity index (χ4n) is 5.54. The van der Waals surface area contributed by atoms with Crippen LogP contribution in [0.3, 0.4) is 0 Å². The number of fused-ring (bicyclic) bond motifs is 3. The molecule has 6 heteroatoms. The van der Waals surface area contributed by atoms with E-state index in [-0.39, 0.29) is 29.6 Å². The fraction of sp³-hybridized carbons (Fsp3) is 0.500. The van der Waals surface area contributed by atoms with Gasteiger partial charge in [-0.1, -0.05) is 12.1 Å². The summed E-state index contributed by atoms with van der Waals surface area (Å²) in [5, 5.41) is 11.4. The monoisotopic (exact) mass is 378 g/mol. The molecule has 1 amide bonds. The van der Waals surface area contributed by atoms with Crippen LogP contribution in [0.2, 0.25) is 0 Å². The first-order valence-electron chi connectivity index (χ1n) is 10.2. The molecule has 0 radical (unpaired) electrons. The molecule has 4 aliphatic rings. The molecule has 1 aromatic carbocycles. The van der Waals surface area contributed by atoms with Gasteiger partial charge < -0.3 is 10.6 Å². The SMILES string of the molecule is Cc1nn(C(=O)[C@H]2C[C@H]3CC[C@H]2C[C@]32NC(=O)c3ccccc3N2)c(C)c1C. The molecule has 3 fully saturated rings. The molecule has 1 spiro atoms. The van der Waals surface area contributed by atoms with Crippen LogP contribution in [0.15, 0.2) is 24.3 Å². The number of para-hydroxylation sites is 1. The van der Waals surface area contributed by atoms with Crippen molar-refractivity contribution in [1.29, 1.82) is 0 Å². The maximum absolute atomic E-state index is 13.3. The van der Waals surface area contributed by atoms with E-state index in [1.54, 1.807) is 4.68 Å². The zero-order valence-corrected chi connectivity index (χ0v) is 16.6. The minimum absolute atomic E-state index is 0.0149. The third-order valence-corrected chi connectivity index (χ3v) is 7.32. The molecule has 6 nitrogen and oxygen atoms in total. The molecule has 2 N–H and O–H groups in total. The van der Waals surface area contributed by atoms with Crippen LogP contribution in [0.1, 0.15) is 57.8 Å². The number of anilines is 1. The zero-order chi connectivity index (χ0) is 19.6. The van der Waals surface area contributed by atoms with Gasteiger partial charge in [-0.2, -0.15) is 5.10 Å². The molecular weight excluding hydrogens is 352 g/mol. The van der Waals surface area contributed by atoms with Crippen molar-refractivity contribution >= 4 is 17.5 Å². The molecule has 2 aromatic rings. The van der Waals surface area contributed by atoms with E-state index >= 15 is 0 Å². The van der Waals surface area contributed by atoms with Gasteiger partial charge in [0.2, 0.25) is 5.91 Å². The normalized spacial score (nSPS) is 30.7. The maximum atomic E-state index is 13.3. The van der Waals surface area contributed by atoms with E-state index in [4.69, 9.17) is 0 Å². The number of nitrogens with one attached hydrogen (secondary N) is 2. The number of carbonyl (C=O) groups is 2. The molecule has 1 aromatic heterocycles. The number of aryl methyl sites for hydroxylation is 1. The second kappa shape index (κ2) is 5.93. The quantitative estimate of drug-likeness (QED) is 0.797. The molecule has 0 unspecified atom stereocenters. The van der Waals surface area contributed by atoms with Crippen molar-refractivity contribution in [2.24, 2.45) is 17.8 Å². The summed E-state index contributed by atoms with van der Waals surface area (Å²) in [6.07, 6.45) is 3.63. The van der Waals surface area contributed by atoms with Crippen LogP contribution >= 0.6 is 0 Å². The van der Waals surface area contributed by atoms with Gasteiger partial charge in [0.05, 0.1) is 11.3 Å². The van der Waals surface area contributed by atoms with Gasteiger partial charge in [0.25, 0.3) is 5.91 Å². The number of nitrogens with zero attached hydrogens (tertiary/aromatic N) is 2. The number of aromatic nitrogens is 2. The Bertz CT molecular complexity index is 994. The highest BCUT2D eigenvalue weighted by Gasteiger charge is 2.55. The van der Waals surface area contributed by atoms with Gasteiger partial charge >= 0.3 is 0 Å². The Kier molecular flexibility index (Phi) is 3.70. The van der Waals surface area contributed by atoms with Crippen LogP contribution in [-0.4, -0.2) is 27.3 Å². The molecule has 2 bridgehead atoms. The number of amides is 1. The van der Waals surface area contributed by atoms with Crippen molar-refractivity contribution in [1.82, 2.24) is 15.1 Å². The summed E-state index contributed by atoms with van der Waals surface area (Å²) in [5.74, 6) is 0.555. The fourth-order valence-corrected chi connectivity index (χ4v) is 5.54. The lowest BCUT2D eigenvalue weighted by Gasteiger charge is -2.56. The van der Waals surface area contributed by atoms with Gasteiger partial charge in [-0.15, -0.1) is 0 Å². The molecule has 28 heavy (non-hydrogen) atoms. The van der Waals surface area contributed by atoms with Gasteiger partial charge in [-0.25, -0.2) is 4.68 Å². The van der Waals surface area contributed by atoms with E-state index in [0.717, 1.165) is 48.3 Å². The maximum Gasteiger partial charge on any atom is 0.255 e. The van der Waals surface area contributed by atoms with Crippen LogP contribution in [0.4, 0.5) is 5.69 Å². The van der Waals surface area contributed by atoms with Gasteiger partial charge in [0.1, 0.15) is 5.66 Å². The molecule has 1 aliphatic heterocycles. The van der Waals surface area contributed by atoms with Gasteiger partial charge in [0.15, 0.2) is 0 Å². The van der Waals surface area contributed by atoms with Crippen LogP contribution in [0.5, 0.6) is 0 Å². The van der Waals surface area contributed by atoms with E-state index in [2.05, 4.69) is 15.7 Å². The summed E-state index contributed by atoms with van der Waals surface area (Å²) in [7, 11) is 0. The Morgan fingerprint density at radius 3 is 2.64 bits per heavy atom. The second-order valence-electron chi connectivity index (χ2n) is 8.72. The predicted octanol–water partition coefficient (Wildman–Crippen LogP) is 3.44. The average molecular weight is 378 g/mol. The van der Waals surface area contributed by atoms with Crippen LogP contribution in [0.25, 0.3) is 0 Å². The molecular formula is C22H26N4O2. The van der Waals surface area contributed by atoms with Crippen molar-refractivity contribution in [2.45, 2.75) is 52.1 Å². The molecule has 6 rings (SSSR count). The Balaban J connectivity index is 1.44. The van der Waals surface area contributed by atoms with Crippen molar-refractivity contribution in [3.8, 4) is 0 Å². The van der Waals surface area contributed by atoms with Crippen molar-refractivity contribution in [2.75, 3.05) is 5.32 Å². The van der Waals surface area contributed by atoms with Crippen molar-refractivity contribution in [3.05, 3.63) is 46.8 Å². The molecule has 3 saturated carbocycles. The number of benzene rings is 1. The summed E-state index contributed by atoms with van der Waals surface area (Å²) in [6.45, 7) is 5.94. The largest absolute Gasteiger partial charge is 0.362 e. The minimum Gasteiger partial charge on any atom is -0.362 e. The number of hydrogen-bond acceptors (Lipinski definition) is 4. The van der Waals surface area contributed by atoms with Crippen LogP contribution in [-0.2, 0) is 0 Å². The minimum atomic E-state index is -0.434. The molecule has 0 saturated heterocycles. The second-order valence-corrected chi connectivity index (χ2v) is 8.72. The van der Waals surface area contributed by atoms with Crippen molar-refractivity contribution < 1.29 is 9.59 Å². The Labute approximate surface area is 164 Å². The Morgan fingerprint density at radius 2 is 1.96 bits per heavy atom. The lowest BCUT2D eigenvalue weighted by molar-refractivity contribution is 0.00907. The van der Waals surface area contributed by atoms with Gasteiger partial charge in [-0.3, -0.25) is 9.59 Å². The first-order chi connectivity index (χ1) is 13.4. The molecule has 3 aliphatic carbocycles. The third kappa shape index (κ3) is 2.36. The van der Waals surface area contributed by atoms with E-state index in [0.29, 0.717) is 5.56 Å². The zero-order valence-electron chi connectivity index (χ0n) is 16.6.